The highest BCUT2D eigenvalue weighted by molar-refractivity contribution is 7.09. The lowest BCUT2D eigenvalue weighted by Crippen LogP contribution is -2.32. The standard InChI is InChI=1S/C27H32N4S/c1-17(2)26-24-12-21(20-7-9-31(10-8-20)15-22-14-28-16-32-22)5-6-25(24)30-27(26)23-11-19(4)29-13-18(23)3/h5-6,11-14,16-17,20,30H,7-10,15H2,1-4H3. The molecule has 166 valence electrons. The second kappa shape index (κ2) is 8.80. The number of hydrogen-bond acceptors (Lipinski definition) is 4. The number of piperidine rings is 1. The normalized spacial score (nSPS) is 15.8. The van der Waals surface area contributed by atoms with Gasteiger partial charge < -0.3 is 4.98 Å². The number of nitrogens with one attached hydrogen (secondary N) is 1. The van der Waals surface area contributed by atoms with E-state index in [-0.39, 0.29) is 0 Å². The van der Waals surface area contributed by atoms with Crippen LogP contribution in [-0.4, -0.2) is 32.9 Å². The molecule has 5 heteroatoms. The third-order valence-electron chi connectivity index (χ3n) is 6.87. The van der Waals surface area contributed by atoms with Gasteiger partial charge in [-0.2, -0.15) is 0 Å². The molecule has 0 atom stereocenters. The molecule has 4 heterocycles. The lowest BCUT2D eigenvalue weighted by molar-refractivity contribution is 0.206. The number of aromatic nitrogens is 3. The average molecular weight is 445 g/mol. The Morgan fingerprint density at radius 3 is 2.66 bits per heavy atom. The van der Waals surface area contributed by atoms with Crippen LogP contribution in [0.2, 0.25) is 0 Å². The minimum Gasteiger partial charge on any atom is -0.354 e. The van der Waals surface area contributed by atoms with Gasteiger partial charge in [0.05, 0.1) is 11.2 Å². The van der Waals surface area contributed by atoms with Crippen molar-refractivity contribution in [3.8, 4) is 11.3 Å². The maximum Gasteiger partial charge on any atom is 0.0794 e. The lowest BCUT2D eigenvalue weighted by atomic mass is 9.87. The first-order valence-electron chi connectivity index (χ1n) is 11.7. The smallest absolute Gasteiger partial charge is 0.0794 e. The van der Waals surface area contributed by atoms with E-state index in [1.54, 1.807) is 11.3 Å². The number of H-pyrrole nitrogens is 1. The van der Waals surface area contributed by atoms with E-state index in [1.807, 2.05) is 17.9 Å². The van der Waals surface area contributed by atoms with Crippen molar-refractivity contribution in [2.24, 2.45) is 0 Å². The average Bonchev–Trinajstić information content (AvgIpc) is 3.43. The fourth-order valence-corrected chi connectivity index (χ4v) is 5.79. The molecule has 32 heavy (non-hydrogen) atoms. The van der Waals surface area contributed by atoms with Crippen molar-refractivity contribution in [3.63, 3.8) is 0 Å². The second-order valence-electron chi connectivity index (χ2n) is 9.53. The van der Waals surface area contributed by atoms with Gasteiger partial charge in [0.2, 0.25) is 0 Å². The predicted molar refractivity (Wildman–Crippen MR) is 134 cm³/mol. The summed E-state index contributed by atoms with van der Waals surface area (Å²) in [5.74, 6) is 1.09. The molecule has 0 aliphatic carbocycles. The van der Waals surface area contributed by atoms with Crippen LogP contribution in [0.25, 0.3) is 22.2 Å². The van der Waals surface area contributed by atoms with E-state index in [0.717, 1.165) is 25.3 Å². The Labute approximate surface area is 194 Å². The Morgan fingerprint density at radius 2 is 1.94 bits per heavy atom. The number of thiazole rings is 1. The summed E-state index contributed by atoms with van der Waals surface area (Å²) in [6.07, 6.45) is 6.45. The Bertz CT molecular complexity index is 1210. The van der Waals surface area contributed by atoms with E-state index in [0.29, 0.717) is 11.8 Å². The third-order valence-corrected chi connectivity index (χ3v) is 7.64. The number of rotatable bonds is 5. The van der Waals surface area contributed by atoms with Crippen LogP contribution in [0.3, 0.4) is 0 Å². The van der Waals surface area contributed by atoms with Crippen molar-refractivity contribution < 1.29 is 0 Å². The number of aromatic amines is 1. The topological polar surface area (TPSA) is 44.8 Å². The molecule has 0 radical (unpaired) electrons. The fourth-order valence-electron chi connectivity index (χ4n) is 5.16. The minimum absolute atomic E-state index is 0.447. The van der Waals surface area contributed by atoms with Crippen LogP contribution in [0.5, 0.6) is 0 Å². The molecule has 0 bridgehead atoms. The molecule has 0 saturated carbocycles. The summed E-state index contributed by atoms with van der Waals surface area (Å²) in [6, 6.07) is 9.33. The number of aryl methyl sites for hydroxylation is 2. The van der Waals surface area contributed by atoms with Gasteiger partial charge in [-0.3, -0.25) is 14.9 Å². The molecule has 1 N–H and O–H groups in total. The molecular weight excluding hydrogens is 412 g/mol. The van der Waals surface area contributed by atoms with Gasteiger partial charge in [-0.05, 0) is 86.5 Å². The maximum absolute atomic E-state index is 4.48. The number of benzene rings is 1. The Kier molecular flexibility index (Phi) is 5.87. The van der Waals surface area contributed by atoms with E-state index >= 15 is 0 Å². The highest BCUT2D eigenvalue weighted by Gasteiger charge is 2.23. The Balaban J connectivity index is 1.44. The molecule has 5 rings (SSSR count). The monoisotopic (exact) mass is 444 g/mol. The van der Waals surface area contributed by atoms with Gasteiger partial charge >= 0.3 is 0 Å². The van der Waals surface area contributed by atoms with Gasteiger partial charge in [0, 0.05) is 46.0 Å². The quantitative estimate of drug-likeness (QED) is 0.368. The number of nitrogens with zero attached hydrogens (tertiary/aromatic N) is 3. The summed E-state index contributed by atoms with van der Waals surface area (Å²) in [6.45, 7) is 12.2. The minimum atomic E-state index is 0.447. The maximum atomic E-state index is 4.48. The molecule has 1 aliphatic heterocycles. The van der Waals surface area contributed by atoms with E-state index in [2.05, 4.69) is 71.8 Å². The number of pyridine rings is 1. The first-order valence-corrected chi connectivity index (χ1v) is 12.6. The van der Waals surface area contributed by atoms with Crippen molar-refractivity contribution in [2.75, 3.05) is 13.1 Å². The van der Waals surface area contributed by atoms with Gasteiger partial charge in [0.1, 0.15) is 0 Å². The molecule has 1 fully saturated rings. The van der Waals surface area contributed by atoms with Crippen LogP contribution in [0, 0.1) is 13.8 Å². The molecule has 3 aromatic heterocycles. The van der Waals surface area contributed by atoms with Crippen LogP contribution >= 0.6 is 11.3 Å². The van der Waals surface area contributed by atoms with Crippen molar-refractivity contribution in [3.05, 3.63) is 69.4 Å². The van der Waals surface area contributed by atoms with Crippen LogP contribution in [0.4, 0.5) is 0 Å². The van der Waals surface area contributed by atoms with Crippen LogP contribution in [-0.2, 0) is 6.54 Å². The van der Waals surface area contributed by atoms with Crippen molar-refractivity contribution in [1.82, 2.24) is 19.9 Å². The lowest BCUT2D eigenvalue weighted by Gasteiger charge is -2.31. The zero-order valence-electron chi connectivity index (χ0n) is 19.5. The largest absolute Gasteiger partial charge is 0.354 e. The van der Waals surface area contributed by atoms with Crippen molar-refractivity contribution in [2.45, 2.75) is 58.9 Å². The molecule has 1 aliphatic rings. The Hall–Kier alpha value is -2.50. The third kappa shape index (κ3) is 4.12. The summed E-state index contributed by atoms with van der Waals surface area (Å²) in [5.41, 5.74) is 10.9. The Morgan fingerprint density at radius 1 is 1.12 bits per heavy atom. The number of hydrogen-bond donors (Lipinski definition) is 1. The van der Waals surface area contributed by atoms with Crippen LogP contribution in [0.15, 0.2) is 42.2 Å². The molecule has 4 aromatic rings. The van der Waals surface area contributed by atoms with E-state index in [1.165, 1.54) is 56.6 Å². The molecule has 1 aromatic carbocycles. The summed E-state index contributed by atoms with van der Waals surface area (Å²) in [4.78, 5) is 16.4. The van der Waals surface area contributed by atoms with Crippen LogP contribution in [0.1, 0.15) is 65.8 Å². The fraction of sp³-hybridized carbons (Fsp3) is 0.407. The highest BCUT2D eigenvalue weighted by atomic mass is 32.1. The predicted octanol–water partition coefficient (Wildman–Crippen LogP) is 6.81. The van der Waals surface area contributed by atoms with Gasteiger partial charge in [0.15, 0.2) is 0 Å². The number of likely N-dealkylation sites (tertiary alicyclic amines) is 1. The highest BCUT2D eigenvalue weighted by Crippen LogP contribution is 2.39. The van der Waals surface area contributed by atoms with Gasteiger partial charge in [-0.25, -0.2) is 0 Å². The van der Waals surface area contributed by atoms with Gasteiger partial charge in [0.25, 0.3) is 0 Å². The molecule has 0 unspecified atom stereocenters. The summed E-state index contributed by atoms with van der Waals surface area (Å²) < 4.78 is 0. The molecule has 1 saturated heterocycles. The molecular formula is C27H32N4S. The van der Waals surface area contributed by atoms with Gasteiger partial charge in [-0.15, -0.1) is 11.3 Å². The zero-order valence-corrected chi connectivity index (χ0v) is 20.3. The van der Waals surface area contributed by atoms with E-state index in [4.69, 9.17) is 0 Å². The van der Waals surface area contributed by atoms with E-state index in [9.17, 15) is 0 Å². The van der Waals surface area contributed by atoms with E-state index < -0.39 is 0 Å². The summed E-state index contributed by atoms with van der Waals surface area (Å²) in [7, 11) is 0. The van der Waals surface area contributed by atoms with Crippen molar-refractivity contribution in [1.29, 1.82) is 0 Å². The molecule has 0 amide bonds. The molecule has 0 spiro atoms. The zero-order chi connectivity index (χ0) is 22.2. The number of fused-ring (bicyclic) bond motifs is 1. The first kappa shape index (κ1) is 21.4. The van der Waals surface area contributed by atoms with Gasteiger partial charge in [-0.1, -0.05) is 19.9 Å². The second-order valence-corrected chi connectivity index (χ2v) is 10.5. The summed E-state index contributed by atoms with van der Waals surface area (Å²) in [5, 5.41) is 1.38. The van der Waals surface area contributed by atoms with Crippen molar-refractivity contribution >= 4 is 22.2 Å². The first-order chi connectivity index (χ1) is 15.5. The summed E-state index contributed by atoms with van der Waals surface area (Å²) >= 11 is 1.76. The SMILES string of the molecule is Cc1cc(-c2[nH]c3ccc(C4CCN(Cc5cncs5)CC4)cc3c2C(C)C)c(C)cn1. The molecule has 4 nitrogen and oxygen atoms in total. The van der Waals surface area contributed by atoms with Crippen LogP contribution < -0.4 is 0 Å².